The summed E-state index contributed by atoms with van der Waals surface area (Å²) in [4.78, 5) is 15.3. The number of benzene rings is 3. The topological polar surface area (TPSA) is 131 Å². The van der Waals surface area contributed by atoms with Gasteiger partial charge in [0.1, 0.15) is 5.60 Å². The molecule has 50 heavy (non-hydrogen) atoms. The molecule has 3 aromatic rings. The number of aryl methyl sites for hydroxylation is 1. The van der Waals surface area contributed by atoms with Gasteiger partial charge < -0.3 is 19.4 Å². The van der Waals surface area contributed by atoms with Gasteiger partial charge in [0.15, 0.2) is 8.32 Å². The lowest BCUT2D eigenvalue weighted by Gasteiger charge is -2.41. The van der Waals surface area contributed by atoms with Crippen molar-refractivity contribution in [2.75, 3.05) is 24.2 Å². The third-order valence-corrected chi connectivity index (χ3v) is 16.7. The van der Waals surface area contributed by atoms with E-state index in [1.807, 2.05) is 56.1 Å². The largest absolute Gasteiger partial charge is 0.444 e. The lowest BCUT2D eigenvalue weighted by atomic mass is 10.1. The van der Waals surface area contributed by atoms with Crippen LogP contribution in [-0.4, -0.2) is 66.6 Å². The van der Waals surface area contributed by atoms with Crippen LogP contribution in [0, 0.1) is 0 Å². The van der Waals surface area contributed by atoms with Crippen molar-refractivity contribution in [2.24, 2.45) is 0 Å². The van der Waals surface area contributed by atoms with Crippen LogP contribution >= 0.6 is 11.6 Å². The number of sulfonamides is 2. The van der Waals surface area contributed by atoms with Gasteiger partial charge in [-0.2, -0.15) is 0 Å². The molecule has 14 heteroatoms. The first kappa shape index (κ1) is 41.5. The van der Waals surface area contributed by atoms with Gasteiger partial charge in [0.2, 0.25) is 10.0 Å². The number of carbonyl (C=O) groups is 1. The molecule has 3 aromatic carbocycles. The Balaban J connectivity index is 1.78. The number of carbonyl (C=O) groups excluding carboxylic acids is 1. The third-order valence-electron chi connectivity index (χ3n) is 8.46. The number of rotatable bonds is 15. The van der Waals surface area contributed by atoms with Gasteiger partial charge in [-0.3, -0.25) is 0 Å². The summed E-state index contributed by atoms with van der Waals surface area (Å²) >= 11 is 6.41. The molecule has 0 aliphatic heterocycles. The van der Waals surface area contributed by atoms with E-state index in [0.717, 1.165) is 5.56 Å². The molecule has 0 unspecified atom stereocenters. The second-order valence-electron chi connectivity index (χ2n) is 15.0. The SMILES string of the molecule is C[C@H](CNc1cccc(CCS(=O)(=O)NS(=O)(=O)c2ccccc2)c1)N(C[C@H](O[Si](C)(C)C(C)(C)C)c1cccc(Cl)c1)C(=O)OC(C)(C)C. The van der Waals surface area contributed by atoms with Crippen LogP contribution in [0.4, 0.5) is 10.5 Å². The standard InChI is InChI=1S/C36H52ClN3O7S2Si/c1-27(25-38-31-18-13-15-28(23-31)21-22-48(42,43)39-49(44,45)32-19-11-10-12-20-32)40(34(41)46-35(2,3)4)26-33(29-16-14-17-30(37)24-29)47-50(8,9)36(5,6)7/h10-20,23-24,27,33,38-39H,21-22,25-26H2,1-9H3/t27-,33+/m1/s1. The molecule has 0 bridgehead atoms. The first-order chi connectivity index (χ1) is 23.0. The van der Waals surface area contributed by atoms with Crippen LogP contribution in [0.5, 0.6) is 0 Å². The van der Waals surface area contributed by atoms with Crippen molar-refractivity contribution in [3.8, 4) is 0 Å². The maximum atomic E-state index is 13.7. The third kappa shape index (κ3) is 12.7. The molecule has 0 spiro atoms. The zero-order valence-electron chi connectivity index (χ0n) is 30.5. The van der Waals surface area contributed by atoms with Crippen LogP contribution in [0.1, 0.15) is 65.7 Å². The van der Waals surface area contributed by atoms with E-state index in [1.165, 1.54) is 24.3 Å². The van der Waals surface area contributed by atoms with Crippen LogP contribution in [0.15, 0.2) is 83.8 Å². The molecule has 10 nitrogen and oxygen atoms in total. The summed E-state index contributed by atoms with van der Waals surface area (Å²) in [6.45, 7) is 18.8. The number of nitrogens with zero attached hydrogens (tertiary/aromatic N) is 1. The number of hydrogen-bond acceptors (Lipinski definition) is 8. The van der Waals surface area contributed by atoms with Gasteiger partial charge in [-0.25, -0.2) is 21.6 Å². The zero-order chi connectivity index (χ0) is 37.5. The summed E-state index contributed by atoms with van der Waals surface area (Å²) in [7, 11) is -10.7. The number of ether oxygens (including phenoxy) is 1. The molecule has 2 N–H and O–H groups in total. The molecule has 0 fully saturated rings. The Labute approximate surface area is 305 Å². The summed E-state index contributed by atoms with van der Waals surface area (Å²) in [6.07, 6.45) is -0.857. The molecule has 3 rings (SSSR count). The van der Waals surface area contributed by atoms with Gasteiger partial charge in [-0.1, -0.05) is 74.8 Å². The van der Waals surface area contributed by atoms with Crippen LogP contribution in [-0.2, 0) is 35.6 Å². The lowest BCUT2D eigenvalue weighted by molar-refractivity contribution is 0.00799. The number of anilines is 1. The molecule has 0 saturated heterocycles. The second-order valence-corrected chi connectivity index (χ2v) is 23.9. The van der Waals surface area contributed by atoms with Gasteiger partial charge >= 0.3 is 6.09 Å². The minimum absolute atomic E-state index is 0.0791. The Kier molecular flexibility index (Phi) is 13.8. The van der Waals surface area contributed by atoms with E-state index in [1.54, 1.807) is 35.2 Å². The highest BCUT2D eigenvalue weighted by Gasteiger charge is 2.41. The maximum Gasteiger partial charge on any atom is 0.410 e. The zero-order valence-corrected chi connectivity index (χ0v) is 33.9. The molecule has 0 heterocycles. The van der Waals surface area contributed by atoms with E-state index >= 15 is 0 Å². The highest BCUT2D eigenvalue weighted by atomic mass is 35.5. The van der Waals surface area contributed by atoms with Gasteiger partial charge in [0.05, 0.1) is 23.3 Å². The van der Waals surface area contributed by atoms with E-state index in [-0.39, 0.29) is 28.9 Å². The number of nitrogens with one attached hydrogen (secondary N) is 2. The minimum Gasteiger partial charge on any atom is -0.444 e. The summed E-state index contributed by atoms with van der Waals surface area (Å²) in [5.41, 5.74) is 1.55. The van der Waals surface area contributed by atoms with Crippen LogP contribution < -0.4 is 9.44 Å². The number of halogens is 1. The summed E-state index contributed by atoms with van der Waals surface area (Å²) in [5, 5.41) is 3.87. The molecule has 0 aromatic heterocycles. The summed E-state index contributed by atoms with van der Waals surface area (Å²) in [5.74, 6) is -0.426. The van der Waals surface area contributed by atoms with Crippen molar-refractivity contribution in [2.45, 2.75) is 95.7 Å². The molecule has 276 valence electrons. The fourth-order valence-corrected chi connectivity index (χ4v) is 9.25. The first-order valence-electron chi connectivity index (χ1n) is 16.5. The molecule has 1 amide bonds. The van der Waals surface area contributed by atoms with Crippen molar-refractivity contribution in [3.05, 3.63) is 95.0 Å². The Bertz CT molecular complexity index is 1810. The monoisotopic (exact) mass is 765 g/mol. The van der Waals surface area contributed by atoms with Crippen LogP contribution in [0.2, 0.25) is 23.2 Å². The van der Waals surface area contributed by atoms with Crippen LogP contribution in [0.3, 0.4) is 0 Å². The van der Waals surface area contributed by atoms with Crippen LogP contribution in [0.25, 0.3) is 0 Å². The molecule has 0 radical (unpaired) electrons. The summed E-state index contributed by atoms with van der Waals surface area (Å²) < 4.78 is 65.2. The number of hydrogen-bond donors (Lipinski definition) is 2. The minimum atomic E-state index is -4.23. The Morgan fingerprint density at radius 2 is 1.54 bits per heavy atom. The normalized spacial score (nSPS) is 14.1. The molecule has 0 saturated carbocycles. The first-order valence-corrected chi connectivity index (χ1v) is 23.0. The van der Waals surface area contributed by atoms with E-state index in [0.29, 0.717) is 22.8 Å². The summed E-state index contributed by atoms with van der Waals surface area (Å²) in [6, 6.07) is 21.7. The van der Waals surface area contributed by atoms with E-state index in [2.05, 4.69) is 39.2 Å². The fourth-order valence-electron chi connectivity index (χ4n) is 4.70. The Morgan fingerprint density at radius 1 is 0.900 bits per heavy atom. The fraction of sp³-hybridized carbons (Fsp3) is 0.472. The van der Waals surface area contributed by atoms with Crippen molar-refractivity contribution in [1.29, 1.82) is 0 Å². The van der Waals surface area contributed by atoms with E-state index in [9.17, 15) is 21.6 Å². The lowest BCUT2D eigenvalue weighted by Crippen LogP contribution is -2.49. The highest BCUT2D eigenvalue weighted by Crippen LogP contribution is 2.40. The maximum absolute atomic E-state index is 13.7. The second kappa shape index (κ2) is 16.6. The van der Waals surface area contributed by atoms with Gasteiger partial charge in [-0.05, 0) is 99.8 Å². The molecule has 0 aliphatic carbocycles. The highest BCUT2D eigenvalue weighted by molar-refractivity contribution is 8.04. The number of amides is 1. The van der Waals surface area contributed by atoms with Gasteiger partial charge in [-0.15, -0.1) is 4.13 Å². The molecular formula is C36H52ClN3O7S2Si. The van der Waals surface area contributed by atoms with Crippen molar-refractivity contribution >= 4 is 51.7 Å². The Morgan fingerprint density at radius 3 is 2.14 bits per heavy atom. The molecular weight excluding hydrogens is 714 g/mol. The van der Waals surface area contributed by atoms with Gasteiger partial charge in [0.25, 0.3) is 10.0 Å². The van der Waals surface area contributed by atoms with Crippen molar-refractivity contribution in [1.82, 2.24) is 9.03 Å². The average molecular weight is 766 g/mol. The molecule has 0 aliphatic rings. The predicted octanol–water partition coefficient (Wildman–Crippen LogP) is 7.99. The molecule has 2 atom stereocenters. The van der Waals surface area contributed by atoms with Gasteiger partial charge in [0, 0.05) is 23.3 Å². The van der Waals surface area contributed by atoms with Crippen molar-refractivity contribution < 1.29 is 30.8 Å². The Hall–Kier alpha value is -2.94. The quantitative estimate of drug-likeness (QED) is 0.149. The average Bonchev–Trinajstić information content (AvgIpc) is 2.99. The van der Waals surface area contributed by atoms with E-state index < -0.39 is 51.9 Å². The smallest absolute Gasteiger partial charge is 0.410 e. The van der Waals surface area contributed by atoms with Crippen molar-refractivity contribution in [3.63, 3.8) is 0 Å². The van der Waals surface area contributed by atoms with E-state index in [4.69, 9.17) is 20.8 Å². The predicted molar refractivity (Wildman–Crippen MR) is 204 cm³/mol.